The van der Waals surface area contributed by atoms with Gasteiger partial charge in [-0.05, 0) is 32.0 Å². The number of rotatable bonds is 5. The summed E-state index contributed by atoms with van der Waals surface area (Å²) in [7, 11) is 0. The summed E-state index contributed by atoms with van der Waals surface area (Å²) in [6, 6.07) is 7.24. The van der Waals surface area contributed by atoms with E-state index in [9.17, 15) is 23.3 Å². The van der Waals surface area contributed by atoms with Crippen molar-refractivity contribution in [3.8, 4) is 0 Å². The van der Waals surface area contributed by atoms with Crippen molar-refractivity contribution in [2.24, 2.45) is 5.10 Å². The molecule has 9 heteroatoms. The van der Waals surface area contributed by atoms with Crippen LogP contribution in [-0.4, -0.2) is 21.9 Å². The van der Waals surface area contributed by atoms with Gasteiger partial charge in [-0.3, -0.25) is 15.5 Å². The van der Waals surface area contributed by atoms with Gasteiger partial charge in [-0.1, -0.05) is 0 Å². The topological polar surface area (TPSA) is 72.5 Å². The maximum absolute atomic E-state index is 12.6. The van der Waals surface area contributed by atoms with Crippen LogP contribution in [0.3, 0.4) is 0 Å². The summed E-state index contributed by atoms with van der Waals surface area (Å²) in [5, 5.41) is 14.5. The zero-order chi connectivity index (χ0) is 17.9. The molecule has 1 aromatic heterocycles. The van der Waals surface area contributed by atoms with Crippen LogP contribution in [0.1, 0.15) is 17.0 Å². The van der Waals surface area contributed by atoms with E-state index in [0.29, 0.717) is 22.6 Å². The van der Waals surface area contributed by atoms with Gasteiger partial charge in [0.2, 0.25) is 0 Å². The number of alkyl halides is 3. The maximum Gasteiger partial charge on any atom is 0.406 e. The molecular formula is C15H15F3N4O2. The fourth-order valence-electron chi connectivity index (χ4n) is 2.22. The molecule has 0 bridgehead atoms. The van der Waals surface area contributed by atoms with E-state index in [1.807, 2.05) is 0 Å². The smallest absolute Gasteiger partial charge is 0.339 e. The molecule has 1 heterocycles. The van der Waals surface area contributed by atoms with E-state index in [2.05, 4.69) is 10.5 Å². The average Bonchev–Trinajstić information content (AvgIpc) is 2.74. The molecule has 2 aromatic rings. The van der Waals surface area contributed by atoms with Crippen LogP contribution < -0.4 is 5.43 Å². The molecular weight excluding hydrogens is 325 g/mol. The molecule has 128 valence electrons. The zero-order valence-electron chi connectivity index (χ0n) is 13.0. The lowest BCUT2D eigenvalue weighted by atomic mass is 10.3. The average molecular weight is 340 g/mol. The summed E-state index contributed by atoms with van der Waals surface area (Å²) in [5.41, 5.74) is 4.67. The summed E-state index contributed by atoms with van der Waals surface area (Å²) in [6.45, 7) is 2.14. The third-order valence-electron chi connectivity index (χ3n) is 3.43. The number of nitrogens with zero attached hydrogens (tertiary/aromatic N) is 3. The first-order chi connectivity index (χ1) is 11.2. The molecule has 6 nitrogen and oxygen atoms in total. The molecule has 0 radical (unpaired) electrons. The Morgan fingerprint density at radius 1 is 1.29 bits per heavy atom. The van der Waals surface area contributed by atoms with Gasteiger partial charge >= 0.3 is 6.18 Å². The molecule has 0 spiro atoms. The van der Waals surface area contributed by atoms with Crippen molar-refractivity contribution in [3.05, 3.63) is 57.4 Å². The molecule has 1 aromatic carbocycles. The number of hydrogen-bond acceptors (Lipinski definition) is 4. The predicted octanol–water partition coefficient (Wildman–Crippen LogP) is 4.02. The van der Waals surface area contributed by atoms with Gasteiger partial charge in [-0.2, -0.15) is 18.3 Å². The number of nitro groups is 1. The Balaban J connectivity index is 2.09. The van der Waals surface area contributed by atoms with Crippen LogP contribution in [0.4, 0.5) is 24.5 Å². The summed E-state index contributed by atoms with van der Waals surface area (Å²) in [5.74, 6) is 0. The number of hydrazone groups is 1. The minimum absolute atomic E-state index is 0.0415. The summed E-state index contributed by atoms with van der Waals surface area (Å²) in [4.78, 5) is 10.0. The number of benzene rings is 1. The van der Waals surface area contributed by atoms with Gasteiger partial charge in [-0.15, -0.1) is 0 Å². The first-order valence-corrected chi connectivity index (χ1v) is 6.94. The third kappa shape index (κ3) is 4.34. The number of nitrogens with one attached hydrogen (secondary N) is 1. The molecule has 0 amide bonds. The van der Waals surface area contributed by atoms with E-state index < -0.39 is 17.6 Å². The van der Waals surface area contributed by atoms with E-state index in [1.54, 1.807) is 19.9 Å². The molecule has 0 atom stereocenters. The lowest BCUT2D eigenvalue weighted by Gasteiger charge is -2.12. The minimum Gasteiger partial charge on any atom is -0.339 e. The number of aromatic nitrogens is 1. The summed E-state index contributed by atoms with van der Waals surface area (Å²) >= 11 is 0. The lowest BCUT2D eigenvalue weighted by molar-refractivity contribution is -0.384. The molecule has 0 aliphatic rings. The van der Waals surface area contributed by atoms with Gasteiger partial charge in [0.1, 0.15) is 6.54 Å². The highest BCUT2D eigenvalue weighted by atomic mass is 19.4. The van der Waals surface area contributed by atoms with Gasteiger partial charge < -0.3 is 4.57 Å². The van der Waals surface area contributed by atoms with Crippen LogP contribution in [0.25, 0.3) is 0 Å². The quantitative estimate of drug-likeness (QED) is 0.507. The Bertz CT molecular complexity index is 764. The van der Waals surface area contributed by atoms with Crippen molar-refractivity contribution < 1.29 is 18.1 Å². The first-order valence-electron chi connectivity index (χ1n) is 6.94. The lowest BCUT2D eigenvalue weighted by Crippen LogP contribution is -2.19. The van der Waals surface area contributed by atoms with Crippen molar-refractivity contribution in [2.45, 2.75) is 26.6 Å². The second-order valence-electron chi connectivity index (χ2n) is 5.20. The third-order valence-corrected chi connectivity index (χ3v) is 3.43. The van der Waals surface area contributed by atoms with E-state index in [1.165, 1.54) is 35.0 Å². The second kappa shape index (κ2) is 6.73. The summed E-state index contributed by atoms with van der Waals surface area (Å²) in [6.07, 6.45) is -2.88. The largest absolute Gasteiger partial charge is 0.406 e. The molecule has 24 heavy (non-hydrogen) atoms. The maximum atomic E-state index is 12.6. The first kappa shape index (κ1) is 17.5. The Kier molecular flexibility index (Phi) is 4.91. The van der Waals surface area contributed by atoms with Crippen LogP contribution in [-0.2, 0) is 6.54 Å². The fourth-order valence-corrected chi connectivity index (χ4v) is 2.22. The zero-order valence-corrected chi connectivity index (χ0v) is 13.0. The van der Waals surface area contributed by atoms with Crippen LogP contribution in [0.5, 0.6) is 0 Å². The van der Waals surface area contributed by atoms with Crippen LogP contribution in [0, 0.1) is 24.0 Å². The molecule has 2 rings (SSSR count). The van der Waals surface area contributed by atoms with Gasteiger partial charge in [0.25, 0.3) is 5.69 Å². The van der Waals surface area contributed by atoms with Crippen LogP contribution in [0.2, 0.25) is 0 Å². The van der Waals surface area contributed by atoms with Crippen LogP contribution in [0.15, 0.2) is 35.4 Å². The molecule has 0 fully saturated rings. The molecule has 0 aliphatic heterocycles. The van der Waals surface area contributed by atoms with Crippen molar-refractivity contribution >= 4 is 17.6 Å². The Hall–Kier alpha value is -2.84. The molecule has 0 aliphatic carbocycles. The fraction of sp³-hybridized carbons (Fsp3) is 0.267. The number of halogens is 3. The number of nitro benzene ring substituents is 1. The monoisotopic (exact) mass is 340 g/mol. The Morgan fingerprint density at radius 2 is 1.92 bits per heavy atom. The highest BCUT2D eigenvalue weighted by molar-refractivity contribution is 5.82. The van der Waals surface area contributed by atoms with E-state index in [0.717, 1.165) is 0 Å². The number of aryl methyl sites for hydroxylation is 1. The van der Waals surface area contributed by atoms with E-state index in [-0.39, 0.29) is 5.69 Å². The van der Waals surface area contributed by atoms with Gasteiger partial charge in [0, 0.05) is 29.1 Å². The normalized spacial score (nSPS) is 11.9. The highest BCUT2D eigenvalue weighted by Gasteiger charge is 2.29. The predicted molar refractivity (Wildman–Crippen MR) is 84.3 cm³/mol. The van der Waals surface area contributed by atoms with Crippen molar-refractivity contribution in [3.63, 3.8) is 0 Å². The molecule has 0 saturated heterocycles. The second-order valence-corrected chi connectivity index (χ2v) is 5.20. The Labute approximate surface area is 135 Å². The Morgan fingerprint density at radius 3 is 2.46 bits per heavy atom. The van der Waals surface area contributed by atoms with E-state index in [4.69, 9.17) is 0 Å². The molecule has 0 saturated carbocycles. The number of non-ortho nitro benzene ring substituents is 1. The molecule has 1 N–H and O–H groups in total. The van der Waals surface area contributed by atoms with Gasteiger partial charge in [-0.25, -0.2) is 0 Å². The highest BCUT2D eigenvalue weighted by Crippen LogP contribution is 2.22. The van der Waals surface area contributed by atoms with Crippen molar-refractivity contribution in [2.75, 3.05) is 5.43 Å². The summed E-state index contributed by atoms with van der Waals surface area (Å²) < 4.78 is 38.8. The minimum atomic E-state index is -4.29. The number of anilines is 1. The van der Waals surface area contributed by atoms with E-state index >= 15 is 0 Å². The van der Waals surface area contributed by atoms with Gasteiger partial charge in [0.05, 0.1) is 16.8 Å². The SMILES string of the molecule is Cc1cc(/C=N\Nc2ccc([N+](=O)[O-])cc2)c(C)n1CC(F)(F)F. The standard InChI is InChI=1S/C15H15F3N4O2/c1-10-7-12(11(2)21(10)9-15(16,17)18)8-19-20-13-3-5-14(6-4-13)22(23)24/h3-8,20H,9H2,1-2H3/b19-8-. The van der Waals surface area contributed by atoms with Crippen molar-refractivity contribution in [1.82, 2.24) is 4.57 Å². The van der Waals surface area contributed by atoms with Gasteiger partial charge in [0.15, 0.2) is 0 Å². The van der Waals surface area contributed by atoms with Crippen LogP contribution >= 0.6 is 0 Å². The molecule has 0 unspecified atom stereocenters. The van der Waals surface area contributed by atoms with Crippen molar-refractivity contribution in [1.29, 1.82) is 0 Å². The number of hydrogen-bond donors (Lipinski definition) is 1.